The quantitative estimate of drug-likeness (QED) is 0.823. The standard InChI is InChI=1S/C13H16N2O2/c1-4-17-13(16)11-8-15-7-10(9(2)3)5-6-12(15)14-11/h5-8,13,16H,2,4H2,1,3H3. The molecule has 0 amide bonds. The summed E-state index contributed by atoms with van der Waals surface area (Å²) in [5.41, 5.74) is 3.34. The molecule has 2 aromatic rings. The average Bonchev–Trinajstić information content (AvgIpc) is 2.71. The molecule has 0 saturated carbocycles. The maximum Gasteiger partial charge on any atom is 0.200 e. The normalized spacial score (nSPS) is 12.9. The zero-order chi connectivity index (χ0) is 12.4. The first-order chi connectivity index (χ1) is 8.11. The minimum absolute atomic E-state index is 0.450. The Morgan fingerprint density at radius 3 is 2.94 bits per heavy atom. The van der Waals surface area contributed by atoms with Gasteiger partial charge in [0.15, 0.2) is 6.29 Å². The fourth-order valence-corrected chi connectivity index (χ4v) is 1.63. The SMILES string of the molecule is C=C(C)c1ccc2nc(C(O)OCC)cn2c1. The van der Waals surface area contributed by atoms with Crippen molar-refractivity contribution in [2.24, 2.45) is 0 Å². The van der Waals surface area contributed by atoms with Crippen molar-refractivity contribution in [1.29, 1.82) is 0 Å². The second-order valence-corrected chi connectivity index (χ2v) is 3.94. The van der Waals surface area contributed by atoms with E-state index in [4.69, 9.17) is 4.74 Å². The zero-order valence-corrected chi connectivity index (χ0v) is 10.1. The Hall–Kier alpha value is -1.65. The predicted molar refractivity (Wildman–Crippen MR) is 66.5 cm³/mol. The van der Waals surface area contributed by atoms with Crippen molar-refractivity contribution in [2.75, 3.05) is 6.61 Å². The van der Waals surface area contributed by atoms with E-state index in [1.165, 1.54) is 0 Å². The number of aliphatic hydroxyl groups excluding tert-OH is 1. The molecule has 2 heterocycles. The van der Waals surface area contributed by atoms with Gasteiger partial charge in [0.25, 0.3) is 0 Å². The molecule has 1 N–H and O–H groups in total. The summed E-state index contributed by atoms with van der Waals surface area (Å²) in [7, 11) is 0. The smallest absolute Gasteiger partial charge is 0.200 e. The van der Waals surface area contributed by atoms with Crippen LogP contribution in [0.1, 0.15) is 31.4 Å². The van der Waals surface area contributed by atoms with Crippen molar-refractivity contribution < 1.29 is 9.84 Å². The van der Waals surface area contributed by atoms with Gasteiger partial charge in [0.2, 0.25) is 0 Å². The first kappa shape index (κ1) is 11.8. The molecule has 1 atom stereocenters. The Balaban J connectivity index is 2.40. The Morgan fingerprint density at radius 1 is 1.53 bits per heavy atom. The third-order valence-corrected chi connectivity index (χ3v) is 2.54. The number of hydrogen-bond acceptors (Lipinski definition) is 3. The van der Waals surface area contributed by atoms with Gasteiger partial charge in [-0.1, -0.05) is 6.58 Å². The monoisotopic (exact) mass is 232 g/mol. The second-order valence-electron chi connectivity index (χ2n) is 3.94. The van der Waals surface area contributed by atoms with Gasteiger partial charge in [-0.05, 0) is 37.1 Å². The molecular weight excluding hydrogens is 216 g/mol. The van der Waals surface area contributed by atoms with Gasteiger partial charge in [0.1, 0.15) is 11.3 Å². The molecule has 2 rings (SSSR count). The summed E-state index contributed by atoms with van der Waals surface area (Å²) in [6.07, 6.45) is 2.74. The van der Waals surface area contributed by atoms with Crippen LogP contribution in [0.25, 0.3) is 11.2 Å². The van der Waals surface area contributed by atoms with E-state index in [2.05, 4.69) is 11.6 Å². The highest BCUT2D eigenvalue weighted by Crippen LogP contribution is 2.17. The van der Waals surface area contributed by atoms with Crippen LogP contribution in [0.2, 0.25) is 0 Å². The molecule has 0 radical (unpaired) electrons. The van der Waals surface area contributed by atoms with Crippen LogP contribution in [0.15, 0.2) is 31.1 Å². The first-order valence-corrected chi connectivity index (χ1v) is 5.56. The number of imidazole rings is 1. The van der Waals surface area contributed by atoms with Gasteiger partial charge in [0, 0.05) is 19.0 Å². The second kappa shape index (κ2) is 4.69. The molecule has 4 nitrogen and oxygen atoms in total. The van der Waals surface area contributed by atoms with Crippen LogP contribution in [0.5, 0.6) is 0 Å². The molecule has 0 bridgehead atoms. The largest absolute Gasteiger partial charge is 0.363 e. The summed E-state index contributed by atoms with van der Waals surface area (Å²) in [6.45, 7) is 8.13. The lowest BCUT2D eigenvalue weighted by molar-refractivity contribution is -0.100. The molecule has 0 aliphatic heterocycles. The summed E-state index contributed by atoms with van der Waals surface area (Å²) < 4.78 is 6.96. The number of nitrogens with zero attached hydrogens (tertiary/aromatic N) is 2. The van der Waals surface area contributed by atoms with E-state index in [0.717, 1.165) is 16.8 Å². The Kier molecular flexibility index (Phi) is 3.26. The summed E-state index contributed by atoms with van der Waals surface area (Å²) in [4.78, 5) is 4.29. The van der Waals surface area contributed by atoms with Crippen LogP contribution < -0.4 is 0 Å². The molecule has 0 fully saturated rings. The van der Waals surface area contributed by atoms with Crippen LogP contribution >= 0.6 is 0 Å². The van der Waals surface area contributed by atoms with Gasteiger partial charge < -0.3 is 14.2 Å². The number of fused-ring (bicyclic) bond motifs is 1. The molecule has 0 aromatic carbocycles. The van der Waals surface area contributed by atoms with Gasteiger partial charge in [0.05, 0.1) is 0 Å². The lowest BCUT2D eigenvalue weighted by Gasteiger charge is -2.05. The number of allylic oxidation sites excluding steroid dienone is 1. The lowest BCUT2D eigenvalue weighted by atomic mass is 10.1. The van der Waals surface area contributed by atoms with Crippen LogP contribution in [0.3, 0.4) is 0 Å². The molecule has 90 valence electrons. The van der Waals surface area contributed by atoms with Crippen molar-refractivity contribution in [3.8, 4) is 0 Å². The van der Waals surface area contributed by atoms with E-state index in [9.17, 15) is 5.11 Å². The van der Waals surface area contributed by atoms with E-state index in [-0.39, 0.29) is 0 Å². The van der Waals surface area contributed by atoms with Crippen LogP contribution in [0, 0.1) is 0 Å². The minimum atomic E-state index is -0.965. The maximum atomic E-state index is 9.68. The number of aliphatic hydroxyl groups is 1. The molecule has 1 unspecified atom stereocenters. The number of hydrogen-bond donors (Lipinski definition) is 1. The minimum Gasteiger partial charge on any atom is -0.363 e. The molecule has 0 spiro atoms. The molecule has 0 aliphatic carbocycles. The van der Waals surface area contributed by atoms with E-state index in [1.54, 1.807) is 6.20 Å². The highest BCUT2D eigenvalue weighted by atomic mass is 16.6. The Morgan fingerprint density at radius 2 is 2.29 bits per heavy atom. The molecular formula is C13H16N2O2. The van der Waals surface area contributed by atoms with E-state index >= 15 is 0 Å². The molecule has 0 saturated heterocycles. The van der Waals surface area contributed by atoms with Gasteiger partial charge in [-0.2, -0.15) is 0 Å². The highest BCUT2D eigenvalue weighted by Gasteiger charge is 2.11. The summed E-state index contributed by atoms with van der Waals surface area (Å²) in [5, 5.41) is 9.68. The maximum absolute atomic E-state index is 9.68. The van der Waals surface area contributed by atoms with Crippen molar-refractivity contribution in [1.82, 2.24) is 9.38 Å². The molecule has 0 aliphatic rings. The molecule has 17 heavy (non-hydrogen) atoms. The fourth-order valence-electron chi connectivity index (χ4n) is 1.63. The number of aromatic nitrogens is 2. The summed E-state index contributed by atoms with van der Waals surface area (Å²) >= 11 is 0. The third-order valence-electron chi connectivity index (χ3n) is 2.54. The van der Waals surface area contributed by atoms with Gasteiger partial charge >= 0.3 is 0 Å². The van der Waals surface area contributed by atoms with Crippen LogP contribution in [-0.2, 0) is 4.74 Å². The zero-order valence-electron chi connectivity index (χ0n) is 10.1. The molecule has 4 heteroatoms. The predicted octanol–water partition coefficient (Wildman–Crippen LogP) is 2.39. The Bertz CT molecular complexity index is 545. The molecule has 2 aromatic heterocycles. The summed E-state index contributed by atoms with van der Waals surface area (Å²) in [5.74, 6) is 0. The number of pyridine rings is 1. The number of rotatable bonds is 4. The third kappa shape index (κ3) is 2.38. The van der Waals surface area contributed by atoms with Gasteiger partial charge in [-0.25, -0.2) is 4.98 Å². The van der Waals surface area contributed by atoms with Crippen molar-refractivity contribution in [2.45, 2.75) is 20.1 Å². The fraction of sp³-hybridized carbons (Fsp3) is 0.308. The first-order valence-electron chi connectivity index (χ1n) is 5.56. The Labute approximate surface area is 100 Å². The van der Waals surface area contributed by atoms with Crippen molar-refractivity contribution in [3.63, 3.8) is 0 Å². The van der Waals surface area contributed by atoms with E-state index in [1.807, 2.05) is 36.6 Å². The lowest BCUT2D eigenvalue weighted by Crippen LogP contribution is -2.02. The average molecular weight is 232 g/mol. The van der Waals surface area contributed by atoms with Gasteiger partial charge in [-0.3, -0.25) is 0 Å². The summed E-state index contributed by atoms with van der Waals surface area (Å²) in [6, 6.07) is 3.85. The van der Waals surface area contributed by atoms with Crippen molar-refractivity contribution in [3.05, 3.63) is 42.4 Å². The van der Waals surface area contributed by atoms with Gasteiger partial charge in [-0.15, -0.1) is 0 Å². The number of ether oxygens (including phenoxy) is 1. The van der Waals surface area contributed by atoms with Crippen LogP contribution in [0.4, 0.5) is 0 Å². The topological polar surface area (TPSA) is 46.8 Å². The van der Waals surface area contributed by atoms with Crippen molar-refractivity contribution >= 4 is 11.2 Å². The van der Waals surface area contributed by atoms with E-state index in [0.29, 0.717) is 12.3 Å². The highest BCUT2D eigenvalue weighted by molar-refractivity contribution is 5.62. The van der Waals surface area contributed by atoms with Crippen LogP contribution in [-0.4, -0.2) is 21.1 Å². The van der Waals surface area contributed by atoms with E-state index < -0.39 is 6.29 Å².